The number of nitrogens with zero attached hydrogens (tertiary/aromatic N) is 3. The largest absolute Gasteiger partial charge is 0.497 e. The fraction of sp³-hybridized carbons (Fsp3) is 0.320. The predicted octanol–water partition coefficient (Wildman–Crippen LogP) is 4.95. The summed E-state index contributed by atoms with van der Waals surface area (Å²) in [5.41, 5.74) is 2.67. The van der Waals surface area contributed by atoms with Crippen LogP contribution in [0, 0.1) is 0 Å². The van der Waals surface area contributed by atoms with Gasteiger partial charge in [-0.05, 0) is 56.2 Å². The zero-order chi connectivity index (χ0) is 24.4. The van der Waals surface area contributed by atoms with Crippen LogP contribution in [0.5, 0.6) is 5.75 Å². The van der Waals surface area contributed by atoms with Crippen molar-refractivity contribution >= 4 is 35.1 Å². The molecule has 0 radical (unpaired) electrons. The van der Waals surface area contributed by atoms with Crippen molar-refractivity contribution in [2.24, 2.45) is 0 Å². The average molecular weight is 501 g/mol. The van der Waals surface area contributed by atoms with Gasteiger partial charge in [-0.1, -0.05) is 35.3 Å². The quantitative estimate of drug-likeness (QED) is 0.518. The highest BCUT2D eigenvalue weighted by Gasteiger charge is 2.27. The molecule has 0 fully saturated rings. The van der Waals surface area contributed by atoms with Gasteiger partial charge in [-0.25, -0.2) is 4.98 Å². The highest BCUT2D eigenvalue weighted by atomic mass is 35.5. The maximum atomic E-state index is 13.3. The topological polar surface area (TPSA) is 76.5 Å². The van der Waals surface area contributed by atoms with Crippen LogP contribution >= 0.6 is 23.2 Å². The van der Waals surface area contributed by atoms with Gasteiger partial charge in [-0.3, -0.25) is 14.2 Å². The second-order valence-electron chi connectivity index (χ2n) is 8.44. The molecular formula is C25H26Cl2N4O3. The number of benzene rings is 2. The van der Waals surface area contributed by atoms with Crippen molar-refractivity contribution in [2.45, 2.75) is 39.4 Å². The molecule has 0 aliphatic carbocycles. The number of anilines is 1. The van der Waals surface area contributed by atoms with E-state index in [1.807, 2.05) is 38.1 Å². The first-order valence-corrected chi connectivity index (χ1v) is 11.8. The molecule has 0 spiro atoms. The Hall–Kier alpha value is -3.03. The second-order valence-corrected chi connectivity index (χ2v) is 9.25. The van der Waals surface area contributed by atoms with Gasteiger partial charge in [0.2, 0.25) is 5.95 Å². The van der Waals surface area contributed by atoms with Crippen LogP contribution in [0.3, 0.4) is 0 Å². The van der Waals surface area contributed by atoms with Crippen LogP contribution in [0.25, 0.3) is 0 Å². The molecule has 1 aliphatic rings. The number of rotatable bonds is 6. The van der Waals surface area contributed by atoms with E-state index < -0.39 is 0 Å². The number of carbonyl (C=O) groups excluding carboxylic acids is 1. The Morgan fingerprint density at radius 2 is 1.88 bits per heavy atom. The van der Waals surface area contributed by atoms with E-state index in [-0.39, 0.29) is 24.1 Å². The third-order valence-corrected chi connectivity index (χ3v) is 6.59. The van der Waals surface area contributed by atoms with E-state index in [9.17, 15) is 9.59 Å². The summed E-state index contributed by atoms with van der Waals surface area (Å²) >= 11 is 12.1. The third kappa shape index (κ3) is 4.91. The molecule has 2 heterocycles. The highest BCUT2D eigenvalue weighted by molar-refractivity contribution is 6.42. The van der Waals surface area contributed by atoms with Crippen LogP contribution < -0.4 is 15.6 Å². The fourth-order valence-electron chi connectivity index (χ4n) is 4.02. The van der Waals surface area contributed by atoms with E-state index in [1.165, 1.54) is 0 Å². The van der Waals surface area contributed by atoms with Crippen molar-refractivity contribution in [2.75, 3.05) is 19.0 Å². The van der Waals surface area contributed by atoms with Crippen LogP contribution in [-0.4, -0.2) is 34.0 Å². The summed E-state index contributed by atoms with van der Waals surface area (Å²) in [5, 5.41) is 4.03. The predicted molar refractivity (Wildman–Crippen MR) is 134 cm³/mol. The standard InChI is InChI=1S/C25H26Cl2N4O3/c1-15(2)31-24(33)19-10-11-30(23(32)17-6-9-20(26)21(27)12-17)14-22(19)29-25(31)28-13-16-4-7-18(34-3)8-5-16/h4-9,12,15H,10-11,13-14H2,1-3H3,(H,28,29). The molecule has 34 heavy (non-hydrogen) atoms. The van der Waals surface area contributed by atoms with E-state index in [0.29, 0.717) is 52.3 Å². The molecule has 0 bridgehead atoms. The normalized spacial score (nSPS) is 13.1. The first-order chi connectivity index (χ1) is 16.3. The molecule has 178 valence electrons. The molecule has 7 nitrogen and oxygen atoms in total. The number of ether oxygens (including phenoxy) is 1. The molecule has 3 aromatic rings. The molecule has 1 amide bonds. The Bertz CT molecular complexity index is 1270. The Morgan fingerprint density at radius 1 is 1.15 bits per heavy atom. The van der Waals surface area contributed by atoms with Gasteiger partial charge in [0.05, 0.1) is 29.4 Å². The molecule has 0 saturated carbocycles. The van der Waals surface area contributed by atoms with Gasteiger partial charge in [-0.2, -0.15) is 0 Å². The number of amides is 1. The number of methoxy groups -OCH3 is 1. The number of hydrogen-bond acceptors (Lipinski definition) is 5. The number of halogens is 2. The summed E-state index contributed by atoms with van der Waals surface area (Å²) in [6.07, 6.45) is 0.444. The summed E-state index contributed by atoms with van der Waals surface area (Å²) in [5.74, 6) is 1.09. The molecule has 4 rings (SSSR count). The van der Waals surface area contributed by atoms with Crippen molar-refractivity contribution in [3.05, 3.63) is 85.2 Å². The third-order valence-electron chi connectivity index (χ3n) is 5.85. The Balaban J connectivity index is 1.60. The minimum Gasteiger partial charge on any atom is -0.497 e. The summed E-state index contributed by atoms with van der Waals surface area (Å²) in [6, 6.07) is 12.4. The molecule has 0 atom stereocenters. The zero-order valence-electron chi connectivity index (χ0n) is 19.3. The summed E-state index contributed by atoms with van der Waals surface area (Å²) in [4.78, 5) is 32.9. The van der Waals surface area contributed by atoms with Gasteiger partial charge in [0, 0.05) is 30.3 Å². The number of hydrogen-bond donors (Lipinski definition) is 1. The van der Waals surface area contributed by atoms with Crippen LogP contribution in [-0.2, 0) is 19.5 Å². The first kappa shape index (κ1) is 24.1. The van der Waals surface area contributed by atoms with Gasteiger partial charge in [-0.15, -0.1) is 0 Å². The van der Waals surface area contributed by atoms with E-state index in [1.54, 1.807) is 34.8 Å². The maximum absolute atomic E-state index is 13.3. The monoisotopic (exact) mass is 500 g/mol. The number of aromatic nitrogens is 2. The lowest BCUT2D eigenvalue weighted by atomic mass is 10.0. The number of fused-ring (bicyclic) bond motifs is 1. The molecule has 0 saturated heterocycles. The molecule has 1 aliphatic heterocycles. The lowest BCUT2D eigenvalue weighted by Gasteiger charge is -2.29. The van der Waals surface area contributed by atoms with E-state index >= 15 is 0 Å². The van der Waals surface area contributed by atoms with Crippen molar-refractivity contribution in [1.29, 1.82) is 0 Å². The second kappa shape index (κ2) is 10.1. The SMILES string of the molecule is COc1ccc(CNc2nc3c(c(=O)n2C(C)C)CCN(C(=O)c2ccc(Cl)c(Cl)c2)C3)cc1. The highest BCUT2D eigenvalue weighted by Crippen LogP contribution is 2.25. The minimum absolute atomic E-state index is 0.0699. The van der Waals surface area contributed by atoms with Crippen molar-refractivity contribution in [1.82, 2.24) is 14.5 Å². The Morgan fingerprint density at radius 3 is 2.53 bits per heavy atom. The van der Waals surface area contributed by atoms with Crippen LogP contribution in [0.2, 0.25) is 10.0 Å². The van der Waals surface area contributed by atoms with Crippen LogP contribution in [0.1, 0.15) is 47.1 Å². The number of carbonyl (C=O) groups is 1. The zero-order valence-corrected chi connectivity index (χ0v) is 20.8. The molecule has 2 aromatic carbocycles. The summed E-state index contributed by atoms with van der Waals surface area (Å²) in [6.45, 7) is 5.08. The van der Waals surface area contributed by atoms with E-state index in [4.69, 9.17) is 32.9 Å². The maximum Gasteiger partial charge on any atom is 0.258 e. The van der Waals surface area contributed by atoms with E-state index in [2.05, 4.69) is 5.32 Å². The van der Waals surface area contributed by atoms with Crippen LogP contribution in [0.4, 0.5) is 5.95 Å². The summed E-state index contributed by atoms with van der Waals surface area (Å²) < 4.78 is 6.89. The van der Waals surface area contributed by atoms with Crippen LogP contribution in [0.15, 0.2) is 47.3 Å². The first-order valence-electron chi connectivity index (χ1n) is 11.0. The van der Waals surface area contributed by atoms with Gasteiger partial charge in [0.25, 0.3) is 11.5 Å². The smallest absolute Gasteiger partial charge is 0.258 e. The molecular weight excluding hydrogens is 475 g/mol. The molecule has 1 aromatic heterocycles. The molecule has 9 heteroatoms. The lowest BCUT2D eigenvalue weighted by molar-refractivity contribution is 0.0731. The fourth-order valence-corrected chi connectivity index (χ4v) is 4.31. The Labute approximate surface area is 208 Å². The molecule has 0 unspecified atom stereocenters. The van der Waals surface area contributed by atoms with E-state index in [0.717, 1.165) is 11.3 Å². The van der Waals surface area contributed by atoms with Crippen molar-refractivity contribution in [3.63, 3.8) is 0 Å². The van der Waals surface area contributed by atoms with Gasteiger partial charge >= 0.3 is 0 Å². The van der Waals surface area contributed by atoms with Gasteiger partial charge < -0.3 is 15.0 Å². The molecule has 1 N–H and O–H groups in total. The lowest BCUT2D eigenvalue weighted by Crippen LogP contribution is -2.41. The Kier molecular flexibility index (Phi) is 7.14. The van der Waals surface area contributed by atoms with Crippen molar-refractivity contribution < 1.29 is 9.53 Å². The van der Waals surface area contributed by atoms with Crippen molar-refractivity contribution in [3.8, 4) is 5.75 Å². The minimum atomic E-state index is -0.174. The number of nitrogens with one attached hydrogen (secondary N) is 1. The summed E-state index contributed by atoms with van der Waals surface area (Å²) in [7, 11) is 1.63. The average Bonchev–Trinajstić information content (AvgIpc) is 2.83. The van der Waals surface area contributed by atoms with Gasteiger partial charge in [0.15, 0.2) is 0 Å². The van der Waals surface area contributed by atoms with Gasteiger partial charge in [0.1, 0.15) is 5.75 Å².